The Morgan fingerprint density at radius 3 is 0.735 bits per heavy atom. The Kier molecular flexibility index (Phi) is 50.2. The zero-order chi connectivity index (χ0) is 89.7. The van der Waals surface area contributed by atoms with Crippen LogP contribution in [0.5, 0.6) is 0 Å². The van der Waals surface area contributed by atoms with Crippen LogP contribution >= 0.6 is 0 Å². The van der Waals surface area contributed by atoms with Crippen LogP contribution in [0.15, 0.2) is 0 Å². The fraction of sp³-hybridized carbons (Fsp3) is 1.00. The monoisotopic (exact) mass is 1760 g/mol. The summed E-state index contributed by atoms with van der Waals surface area (Å²) in [4.78, 5) is 0. The van der Waals surface area contributed by atoms with Crippen LogP contribution in [0.2, 0.25) is 0 Å². The highest BCUT2D eigenvalue weighted by atomic mass is 19.4. The molecular formula is C63H116F32N6O12+6. The van der Waals surface area contributed by atoms with Crippen LogP contribution in [0.25, 0.3) is 0 Å². The van der Waals surface area contributed by atoms with E-state index in [2.05, 4.69) is 23.7 Å². The van der Waals surface area contributed by atoms with Gasteiger partial charge in [0.1, 0.15) is 168 Å². The summed E-state index contributed by atoms with van der Waals surface area (Å²) in [6.07, 6.45) is -24.3. The molecule has 0 aromatic heterocycles. The molecule has 0 amide bonds. The van der Waals surface area contributed by atoms with Crippen LogP contribution < -0.4 is 0 Å². The summed E-state index contributed by atoms with van der Waals surface area (Å²) in [5.41, 5.74) is 0. The lowest BCUT2D eigenvalue weighted by molar-refractivity contribution is -1.02. The van der Waals surface area contributed by atoms with Crippen molar-refractivity contribution in [3.63, 3.8) is 0 Å². The first-order chi connectivity index (χ1) is 49.4. The van der Waals surface area contributed by atoms with Gasteiger partial charge in [-0.15, -0.1) is 0 Å². The smallest absolute Gasteiger partial charge is 0.385 e. The zero-order valence-corrected chi connectivity index (χ0v) is 64.3. The van der Waals surface area contributed by atoms with E-state index in [4.69, 9.17) is 4.74 Å². The molecule has 18 nitrogen and oxygen atoms in total. The van der Waals surface area contributed by atoms with Gasteiger partial charge in [-0.2, -0.15) is 87.8 Å². The third kappa shape index (κ3) is 54.8. The van der Waals surface area contributed by atoms with Gasteiger partial charge in [0.2, 0.25) is 0 Å². The summed E-state index contributed by atoms with van der Waals surface area (Å²) in [5.74, 6) is -46.0. The van der Waals surface area contributed by atoms with Gasteiger partial charge in [0.15, 0.2) is 13.3 Å². The van der Waals surface area contributed by atoms with Gasteiger partial charge in [-0.05, 0) is 0 Å². The standard InChI is InChI=1S/C20H35F9N2O4.C20H37F9N2O4.C18H36F6N2O4.C2HF5.C2H3F3.CH4/c1-17(22,23)20(28,29)19(26,27)14-35-11-16(33)9-31(3)6-4-30(2,5-7-31)8-15(32)10-34-13-18(24,25)12-21;1-17(22,23)20(28,29)19(26,27)14-35-11-16(33)9-31(4,5)7-6-30(2,3)8-15(32)10-34-13-18(24,25)12-21;1-17(21,22)12-29-10-14(27)8-25(2,3)6-7-26(4,5)9-15(28)11-30-13-18(23,24)16(19)20;3-1(4)2(5,6)7;1-2(3,4)5;/h15-16,32-33H,4-14H2,1-3H3;15-16,32-33H,6-14H2,1-5H3;14-16,27-28H,6-13H2,1-5H3;1H;1H3;1H4/q3*+2;;;. The van der Waals surface area contributed by atoms with Crippen LogP contribution in [-0.4, -0.2) is 433 Å². The predicted molar refractivity (Wildman–Crippen MR) is 345 cm³/mol. The molecule has 6 N–H and O–H groups in total. The highest BCUT2D eigenvalue weighted by Crippen LogP contribution is 2.47. The molecule has 1 saturated heterocycles. The van der Waals surface area contributed by atoms with E-state index in [0.717, 1.165) is 6.92 Å². The Labute approximate surface area is 636 Å². The average Bonchev–Trinajstić information content (AvgIpc) is 0.784. The molecule has 1 heterocycles. The summed E-state index contributed by atoms with van der Waals surface area (Å²) >= 11 is 0. The lowest BCUT2D eigenvalue weighted by Crippen LogP contribution is -2.66. The van der Waals surface area contributed by atoms with Crippen molar-refractivity contribution in [1.29, 1.82) is 0 Å². The van der Waals surface area contributed by atoms with Crippen molar-refractivity contribution >= 4 is 0 Å². The number of alkyl halides is 32. The first-order valence-electron chi connectivity index (χ1n) is 33.5. The molecular weight excluding hydrogens is 1640 g/mol. The molecule has 6 unspecified atom stereocenters. The molecule has 1 aliphatic heterocycles. The minimum atomic E-state index is -5.63. The summed E-state index contributed by atoms with van der Waals surface area (Å²) < 4.78 is 421. The molecule has 0 aliphatic carbocycles. The molecule has 1 rings (SSSR count). The second-order valence-electron chi connectivity index (χ2n) is 30.9. The number of likely N-dealkylation sites (N-methyl/N-ethyl adjacent to an activating group) is 6. The van der Waals surface area contributed by atoms with Crippen molar-refractivity contribution in [1.82, 2.24) is 0 Å². The van der Waals surface area contributed by atoms with E-state index in [-0.39, 0.29) is 92.0 Å². The second-order valence-corrected chi connectivity index (χ2v) is 30.9. The Morgan fingerprint density at radius 2 is 0.540 bits per heavy atom. The number of nitrogens with zero attached hydrogens (tertiary/aromatic N) is 6. The van der Waals surface area contributed by atoms with E-state index in [9.17, 15) is 171 Å². The van der Waals surface area contributed by atoms with Gasteiger partial charge in [-0.1, -0.05) is 7.43 Å². The van der Waals surface area contributed by atoms with Gasteiger partial charge >= 0.3 is 66.7 Å². The van der Waals surface area contributed by atoms with Crippen molar-refractivity contribution < 1.29 is 226 Å². The Bertz CT molecular complexity index is 2510. The molecule has 113 heavy (non-hydrogen) atoms. The van der Waals surface area contributed by atoms with Gasteiger partial charge in [0, 0.05) is 27.7 Å². The predicted octanol–water partition coefficient (Wildman–Crippen LogP) is 10.1. The van der Waals surface area contributed by atoms with Gasteiger partial charge in [0.05, 0.1) is 110 Å². The van der Waals surface area contributed by atoms with Crippen molar-refractivity contribution in [2.75, 3.05) is 255 Å². The number of rotatable bonds is 49. The molecule has 0 saturated carbocycles. The van der Waals surface area contributed by atoms with Crippen LogP contribution in [0.3, 0.4) is 0 Å². The van der Waals surface area contributed by atoms with Crippen LogP contribution in [0.4, 0.5) is 140 Å². The summed E-state index contributed by atoms with van der Waals surface area (Å²) in [5, 5.41) is 60.2. The average molecular weight is 1760 g/mol. The fourth-order valence-electron chi connectivity index (χ4n) is 9.62. The Balaban J connectivity index is -0.000000478. The summed E-state index contributed by atoms with van der Waals surface area (Å²) in [7, 11) is 17.6. The SMILES string of the molecule is C.CC(F)(F)C(F)(F)C(F)(F)COCC(O)C[N+](C)(C)CC[N+](C)(C)CC(O)COCC(F)(F)CF.CC(F)(F)C(F)(F)C(F)(F)COCC(O)C[N+]1(C)CC[N+](C)(CC(O)COCC(F)(F)CF)CC1.CC(F)(F)COCC(O)C[N+](C)(C)CC[N+](C)(C)CC(O)COCC(F)(F)C(F)F.CC(F)(F)F.FC(F)C(F)(F)F. The number of hydrogen-bond donors (Lipinski definition) is 6. The molecule has 0 aromatic rings. The first kappa shape index (κ1) is 119. The number of hydrogen-bond acceptors (Lipinski definition) is 12. The van der Waals surface area contributed by atoms with E-state index in [1.165, 1.54) is 0 Å². The van der Waals surface area contributed by atoms with Gasteiger partial charge in [0.25, 0.3) is 17.8 Å². The summed E-state index contributed by atoms with van der Waals surface area (Å²) in [6, 6.07) is 0. The normalized spacial score (nSPS) is 19.0. The largest absolute Gasteiger partial charge is 0.450 e. The molecule has 50 heteroatoms. The van der Waals surface area contributed by atoms with Crippen molar-refractivity contribution in [2.45, 2.75) is 156 Å². The molecule has 1 fully saturated rings. The number of aliphatic hydroxyl groups is 6. The molecule has 0 aromatic carbocycles. The third-order valence-corrected chi connectivity index (χ3v) is 15.8. The van der Waals surface area contributed by atoms with Crippen LogP contribution in [0, 0.1) is 0 Å². The van der Waals surface area contributed by atoms with Crippen molar-refractivity contribution in [3.8, 4) is 0 Å². The summed E-state index contributed by atoms with van der Waals surface area (Å²) in [6.45, 7) is -10.8. The molecule has 688 valence electrons. The fourth-order valence-corrected chi connectivity index (χ4v) is 9.62. The Morgan fingerprint density at radius 1 is 0.336 bits per heavy atom. The quantitative estimate of drug-likeness (QED) is 0.0252. The zero-order valence-electron chi connectivity index (χ0n) is 64.3. The van der Waals surface area contributed by atoms with E-state index in [1.807, 2.05) is 21.1 Å². The number of aliphatic hydroxyl groups excluding tert-OH is 6. The number of halogens is 32. The molecule has 0 spiro atoms. The van der Waals surface area contributed by atoms with E-state index in [0.29, 0.717) is 61.3 Å². The van der Waals surface area contributed by atoms with Crippen molar-refractivity contribution in [2.24, 2.45) is 0 Å². The maximum Gasteiger partial charge on any atom is 0.450 e. The van der Waals surface area contributed by atoms with Gasteiger partial charge in [-0.25, -0.2) is 52.7 Å². The number of quaternary nitrogens is 6. The topological polar surface area (TPSA) is 177 Å². The molecule has 6 atom stereocenters. The highest BCUT2D eigenvalue weighted by molar-refractivity contribution is 4.95. The minimum absolute atomic E-state index is 0. The van der Waals surface area contributed by atoms with Gasteiger partial charge < -0.3 is 86.0 Å². The Hall–Kier alpha value is -2.96. The number of piperazine rings is 1. The van der Waals surface area contributed by atoms with E-state index >= 15 is 0 Å². The second kappa shape index (κ2) is 47.9. The minimum Gasteiger partial charge on any atom is -0.385 e. The maximum atomic E-state index is 13.5. The van der Waals surface area contributed by atoms with Crippen LogP contribution in [0.1, 0.15) is 35.1 Å². The molecule has 0 bridgehead atoms. The first-order valence-corrected chi connectivity index (χ1v) is 33.5. The number of ether oxygens (including phenoxy) is 6. The maximum absolute atomic E-state index is 13.5. The van der Waals surface area contributed by atoms with E-state index in [1.54, 1.807) is 49.3 Å². The molecule has 0 radical (unpaired) electrons. The molecule has 1 aliphatic rings. The van der Waals surface area contributed by atoms with Crippen LogP contribution in [-0.2, 0) is 28.4 Å². The lowest BCUT2D eigenvalue weighted by atomic mass is 10.1. The highest BCUT2D eigenvalue weighted by Gasteiger charge is 2.70. The third-order valence-electron chi connectivity index (χ3n) is 15.8. The lowest BCUT2D eigenvalue weighted by Gasteiger charge is -2.47. The van der Waals surface area contributed by atoms with Gasteiger partial charge in [-0.3, -0.25) is 0 Å². The van der Waals surface area contributed by atoms with E-state index < -0.39 is 207 Å². The van der Waals surface area contributed by atoms with Crippen molar-refractivity contribution in [3.05, 3.63) is 0 Å².